The standard InChI is InChI=1S/C7H13NS/c1-7-5-8-3-2-4-9-6-7/h8H,1-6H2. The largest absolute Gasteiger partial charge is 0.313 e. The first kappa shape index (κ1) is 7.16. The second-order valence-electron chi connectivity index (χ2n) is 2.33. The number of nitrogens with one attached hydrogen (secondary N) is 1. The fraction of sp³-hybridized carbons (Fsp3) is 0.714. The van der Waals surface area contributed by atoms with E-state index in [9.17, 15) is 0 Å². The van der Waals surface area contributed by atoms with E-state index in [1.807, 2.05) is 11.8 Å². The third kappa shape index (κ3) is 2.92. The van der Waals surface area contributed by atoms with Crippen molar-refractivity contribution in [1.29, 1.82) is 0 Å². The van der Waals surface area contributed by atoms with Gasteiger partial charge in [-0.1, -0.05) is 12.2 Å². The van der Waals surface area contributed by atoms with Crippen LogP contribution >= 0.6 is 11.8 Å². The summed E-state index contributed by atoms with van der Waals surface area (Å²) in [5.74, 6) is 2.43. The van der Waals surface area contributed by atoms with E-state index in [1.165, 1.54) is 17.7 Å². The third-order valence-corrected chi connectivity index (χ3v) is 2.51. The van der Waals surface area contributed by atoms with Gasteiger partial charge in [0.25, 0.3) is 0 Å². The summed E-state index contributed by atoms with van der Waals surface area (Å²) in [5, 5.41) is 3.32. The smallest absolute Gasteiger partial charge is 0.0170 e. The summed E-state index contributed by atoms with van der Waals surface area (Å²) in [6, 6.07) is 0. The average molecular weight is 143 g/mol. The van der Waals surface area contributed by atoms with E-state index in [0.29, 0.717) is 0 Å². The summed E-state index contributed by atoms with van der Waals surface area (Å²) >= 11 is 2.00. The monoisotopic (exact) mass is 143 g/mol. The normalized spacial score (nSPS) is 22.9. The minimum absolute atomic E-state index is 1.02. The van der Waals surface area contributed by atoms with E-state index in [-0.39, 0.29) is 0 Å². The van der Waals surface area contributed by atoms with E-state index in [0.717, 1.165) is 18.8 Å². The van der Waals surface area contributed by atoms with Crippen LogP contribution in [0, 0.1) is 0 Å². The van der Waals surface area contributed by atoms with Gasteiger partial charge in [-0.3, -0.25) is 0 Å². The number of hydrogen-bond acceptors (Lipinski definition) is 2. The SMILES string of the molecule is C=C1CNCCCSC1. The topological polar surface area (TPSA) is 12.0 Å². The predicted octanol–water partition coefficient (Wildman–Crippen LogP) is 1.27. The Kier molecular flexibility index (Phi) is 3.15. The summed E-state index contributed by atoms with van der Waals surface area (Å²) in [4.78, 5) is 0. The maximum absolute atomic E-state index is 3.93. The molecule has 1 aliphatic rings. The van der Waals surface area contributed by atoms with Crippen molar-refractivity contribution in [3.8, 4) is 0 Å². The summed E-state index contributed by atoms with van der Waals surface area (Å²) in [7, 11) is 0. The maximum atomic E-state index is 3.93. The third-order valence-electron chi connectivity index (χ3n) is 1.32. The van der Waals surface area contributed by atoms with Crippen LogP contribution in [0.2, 0.25) is 0 Å². The van der Waals surface area contributed by atoms with Gasteiger partial charge in [0, 0.05) is 12.3 Å². The number of thioether (sulfide) groups is 1. The van der Waals surface area contributed by atoms with Gasteiger partial charge in [0.2, 0.25) is 0 Å². The Morgan fingerprint density at radius 1 is 1.56 bits per heavy atom. The molecule has 0 saturated carbocycles. The highest BCUT2D eigenvalue weighted by Crippen LogP contribution is 2.08. The summed E-state index contributed by atoms with van der Waals surface area (Å²) in [5.41, 5.74) is 1.33. The van der Waals surface area contributed by atoms with Crippen molar-refractivity contribution in [3.63, 3.8) is 0 Å². The van der Waals surface area contributed by atoms with Crippen LogP contribution in [-0.4, -0.2) is 24.6 Å². The molecule has 52 valence electrons. The van der Waals surface area contributed by atoms with Crippen LogP contribution in [0.15, 0.2) is 12.2 Å². The predicted molar refractivity (Wildman–Crippen MR) is 44.0 cm³/mol. The van der Waals surface area contributed by atoms with Crippen molar-refractivity contribution in [3.05, 3.63) is 12.2 Å². The van der Waals surface area contributed by atoms with Gasteiger partial charge in [0.05, 0.1) is 0 Å². The van der Waals surface area contributed by atoms with E-state index in [2.05, 4.69) is 11.9 Å². The minimum Gasteiger partial charge on any atom is -0.313 e. The lowest BCUT2D eigenvalue weighted by atomic mass is 10.3. The van der Waals surface area contributed by atoms with Crippen molar-refractivity contribution in [2.45, 2.75) is 6.42 Å². The van der Waals surface area contributed by atoms with Crippen LogP contribution in [0.3, 0.4) is 0 Å². The molecular weight excluding hydrogens is 130 g/mol. The Labute approximate surface area is 60.9 Å². The molecule has 1 heterocycles. The Hall–Kier alpha value is 0.0500. The highest BCUT2D eigenvalue weighted by atomic mass is 32.2. The Morgan fingerprint density at radius 2 is 2.44 bits per heavy atom. The average Bonchev–Trinajstić information content (AvgIpc) is 1.79. The van der Waals surface area contributed by atoms with Crippen LogP contribution in [0.1, 0.15) is 6.42 Å². The van der Waals surface area contributed by atoms with E-state index >= 15 is 0 Å². The van der Waals surface area contributed by atoms with Gasteiger partial charge < -0.3 is 5.32 Å². The van der Waals surface area contributed by atoms with E-state index in [1.54, 1.807) is 0 Å². The molecule has 0 aliphatic carbocycles. The van der Waals surface area contributed by atoms with Gasteiger partial charge >= 0.3 is 0 Å². The van der Waals surface area contributed by atoms with Crippen LogP contribution in [0.4, 0.5) is 0 Å². The Morgan fingerprint density at radius 3 is 3.33 bits per heavy atom. The molecule has 2 heteroatoms. The van der Waals surface area contributed by atoms with Gasteiger partial charge in [-0.05, 0) is 18.7 Å². The summed E-state index contributed by atoms with van der Waals surface area (Å²) in [6.07, 6.45) is 1.30. The molecule has 0 aromatic heterocycles. The lowest BCUT2D eigenvalue weighted by Gasteiger charge is -2.11. The van der Waals surface area contributed by atoms with Gasteiger partial charge in [-0.25, -0.2) is 0 Å². The van der Waals surface area contributed by atoms with Crippen LogP contribution < -0.4 is 5.32 Å². The summed E-state index contributed by atoms with van der Waals surface area (Å²) < 4.78 is 0. The number of hydrogen-bond donors (Lipinski definition) is 1. The van der Waals surface area contributed by atoms with Crippen molar-refractivity contribution < 1.29 is 0 Å². The molecule has 0 radical (unpaired) electrons. The molecule has 1 saturated heterocycles. The van der Waals surface area contributed by atoms with Gasteiger partial charge in [-0.15, -0.1) is 0 Å². The zero-order valence-corrected chi connectivity index (χ0v) is 6.47. The van der Waals surface area contributed by atoms with Crippen molar-refractivity contribution in [2.24, 2.45) is 0 Å². The Bertz CT molecular complexity index is 91.1. The molecule has 0 bridgehead atoms. The van der Waals surface area contributed by atoms with Gasteiger partial charge in [0.1, 0.15) is 0 Å². The second kappa shape index (κ2) is 3.96. The molecule has 0 unspecified atom stereocenters. The fourth-order valence-electron chi connectivity index (χ4n) is 0.832. The lowest BCUT2D eigenvalue weighted by molar-refractivity contribution is 0.714. The minimum atomic E-state index is 1.02. The molecule has 0 aromatic carbocycles. The highest BCUT2D eigenvalue weighted by molar-refractivity contribution is 7.99. The van der Waals surface area contributed by atoms with Gasteiger partial charge in [-0.2, -0.15) is 11.8 Å². The van der Waals surface area contributed by atoms with Crippen molar-refractivity contribution in [1.82, 2.24) is 5.32 Å². The van der Waals surface area contributed by atoms with Crippen molar-refractivity contribution >= 4 is 11.8 Å². The van der Waals surface area contributed by atoms with Crippen LogP contribution in [0.25, 0.3) is 0 Å². The first-order chi connectivity index (χ1) is 4.39. The molecule has 0 aromatic rings. The summed E-state index contributed by atoms with van der Waals surface area (Å²) in [6.45, 7) is 6.11. The first-order valence-corrected chi connectivity index (χ1v) is 4.50. The van der Waals surface area contributed by atoms with Crippen LogP contribution in [0.5, 0.6) is 0 Å². The highest BCUT2D eigenvalue weighted by Gasteiger charge is 1.98. The molecule has 1 fully saturated rings. The van der Waals surface area contributed by atoms with Crippen molar-refractivity contribution in [2.75, 3.05) is 24.6 Å². The maximum Gasteiger partial charge on any atom is 0.0170 e. The lowest BCUT2D eigenvalue weighted by Crippen LogP contribution is -2.21. The molecule has 1 aliphatic heterocycles. The Balaban J connectivity index is 2.20. The first-order valence-electron chi connectivity index (χ1n) is 3.35. The van der Waals surface area contributed by atoms with Gasteiger partial charge in [0.15, 0.2) is 0 Å². The molecule has 0 atom stereocenters. The molecule has 9 heavy (non-hydrogen) atoms. The number of rotatable bonds is 0. The fourth-order valence-corrected chi connectivity index (χ4v) is 1.72. The molecule has 1 N–H and O–H groups in total. The molecule has 1 rings (SSSR count). The second-order valence-corrected chi connectivity index (χ2v) is 3.44. The molecule has 0 amide bonds. The molecule has 0 spiro atoms. The van der Waals surface area contributed by atoms with Crippen LogP contribution in [-0.2, 0) is 0 Å². The molecular formula is C7H13NS. The molecule has 1 nitrogen and oxygen atoms in total. The quantitative estimate of drug-likeness (QED) is 0.512. The zero-order valence-electron chi connectivity index (χ0n) is 5.65. The van der Waals surface area contributed by atoms with E-state index < -0.39 is 0 Å². The van der Waals surface area contributed by atoms with E-state index in [4.69, 9.17) is 0 Å². The zero-order chi connectivity index (χ0) is 6.53.